The van der Waals surface area contributed by atoms with Crippen LogP contribution in [0.15, 0.2) is 19.2 Å². The third-order valence-electron chi connectivity index (χ3n) is 3.45. The highest BCUT2D eigenvalue weighted by molar-refractivity contribution is 9.28. The Morgan fingerprint density at radius 2 is 1.96 bits per heavy atom. The highest BCUT2D eigenvalue weighted by atomic mass is 79.9. The van der Waals surface area contributed by atoms with Gasteiger partial charge in [-0.25, -0.2) is 14.4 Å². The molecule has 1 aliphatic heterocycles. The molecule has 1 fully saturated rings. The first-order chi connectivity index (χ1) is 13.2. The molecular weight excluding hydrogens is 512 g/mol. The van der Waals surface area contributed by atoms with Crippen molar-refractivity contribution in [3.8, 4) is 0 Å². The van der Waals surface area contributed by atoms with Gasteiger partial charge in [-0.3, -0.25) is 24.1 Å². The van der Waals surface area contributed by atoms with Crippen molar-refractivity contribution in [1.29, 1.82) is 0 Å². The maximum Gasteiger partial charge on any atom is 0.339 e. The van der Waals surface area contributed by atoms with Crippen LogP contribution < -0.4 is 11.2 Å². The third kappa shape index (κ3) is 6.38. The maximum atomic E-state index is 12.2. The van der Waals surface area contributed by atoms with Crippen LogP contribution in [0.2, 0.25) is 0 Å². The Morgan fingerprint density at radius 1 is 1.29 bits per heavy atom. The fourth-order valence-corrected chi connectivity index (χ4v) is 2.86. The smallest absolute Gasteiger partial charge is 0.339 e. The van der Waals surface area contributed by atoms with Crippen molar-refractivity contribution >= 4 is 49.9 Å². The van der Waals surface area contributed by atoms with Crippen molar-refractivity contribution in [2.45, 2.75) is 38.7 Å². The molecule has 2 heterocycles. The standard InChI is InChI=1S/C15H16Br2N2O9/c1-7(20)26-24-6-11-10(28-27-8(2)21)4-13(25-11)19-5-9(3-12(16)17)14(22)18-15(19)23/h3,5,10-11,13H,4,6H2,1-2H3,(H,18,22,23)/t10-,11+,13+/m0/s1. The number of carbonyl (C=O) groups is 2. The van der Waals surface area contributed by atoms with Crippen LogP contribution in [0.25, 0.3) is 6.08 Å². The van der Waals surface area contributed by atoms with E-state index >= 15 is 0 Å². The molecular formula is C15H16Br2N2O9. The molecule has 0 radical (unpaired) electrons. The van der Waals surface area contributed by atoms with Crippen molar-refractivity contribution in [2.75, 3.05) is 6.61 Å². The Labute approximate surface area is 174 Å². The fourth-order valence-electron chi connectivity index (χ4n) is 2.37. The van der Waals surface area contributed by atoms with Gasteiger partial charge in [0, 0.05) is 26.5 Å². The molecule has 1 aromatic heterocycles. The summed E-state index contributed by atoms with van der Waals surface area (Å²) in [5.41, 5.74) is -1.10. The Bertz CT molecular complexity index is 875. The minimum Gasteiger partial charge on any atom is -0.349 e. The number of carbonyl (C=O) groups excluding carboxylic acids is 2. The lowest BCUT2D eigenvalue weighted by Gasteiger charge is -2.16. The van der Waals surface area contributed by atoms with Gasteiger partial charge in [-0.2, -0.15) is 9.78 Å². The largest absolute Gasteiger partial charge is 0.349 e. The van der Waals surface area contributed by atoms with E-state index < -0.39 is 41.6 Å². The van der Waals surface area contributed by atoms with Gasteiger partial charge in [0.05, 0.1) is 8.96 Å². The molecule has 1 aromatic rings. The number of aromatic amines is 1. The molecule has 0 aromatic carbocycles. The van der Waals surface area contributed by atoms with Gasteiger partial charge in [0.15, 0.2) is 0 Å². The summed E-state index contributed by atoms with van der Waals surface area (Å²) < 4.78 is 7.37. The van der Waals surface area contributed by atoms with Crippen LogP contribution in [0.3, 0.4) is 0 Å². The number of hydrogen-bond acceptors (Lipinski definition) is 9. The van der Waals surface area contributed by atoms with Gasteiger partial charge < -0.3 is 4.74 Å². The average molecular weight is 528 g/mol. The van der Waals surface area contributed by atoms with Gasteiger partial charge in [-0.15, -0.1) is 0 Å². The van der Waals surface area contributed by atoms with Crippen LogP contribution in [-0.2, 0) is 33.9 Å². The van der Waals surface area contributed by atoms with Crippen LogP contribution in [0.5, 0.6) is 0 Å². The zero-order valence-electron chi connectivity index (χ0n) is 14.7. The molecule has 11 nitrogen and oxygen atoms in total. The van der Waals surface area contributed by atoms with Crippen molar-refractivity contribution in [3.05, 3.63) is 36.0 Å². The molecule has 0 bridgehead atoms. The summed E-state index contributed by atoms with van der Waals surface area (Å²) in [6, 6.07) is 0. The van der Waals surface area contributed by atoms with Crippen LogP contribution >= 0.6 is 31.9 Å². The van der Waals surface area contributed by atoms with E-state index in [2.05, 4.69) is 46.6 Å². The summed E-state index contributed by atoms with van der Waals surface area (Å²) in [5, 5.41) is 0. The predicted molar refractivity (Wildman–Crippen MR) is 100 cm³/mol. The fraction of sp³-hybridized carbons (Fsp3) is 0.467. The van der Waals surface area contributed by atoms with E-state index in [9.17, 15) is 19.2 Å². The van der Waals surface area contributed by atoms with Gasteiger partial charge in [0.2, 0.25) is 0 Å². The molecule has 13 heteroatoms. The van der Waals surface area contributed by atoms with E-state index in [-0.39, 0.29) is 18.6 Å². The second-order valence-electron chi connectivity index (χ2n) is 5.62. The lowest BCUT2D eigenvalue weighted by Crippen LogP contribution is -2.33. The number of aromatic nitrogens is 2. The number of H-pyrrole nitrogens is 1. The van der Waals surface area contributed by atoms with Gasteiger partial charge >= 0.3 is 17.6 Å². The summed E-state index contributed by atoms with van der Waals surface area (Å²) in [6.45, 7) is 2.07. The molecule has 0 spiro atoms. The maximum absolute atomic E-state index is 12.2. The van der Waals surface area contributed by atoms with Crippen LogP contribution in [-0.4, -0.2) is 40.3 Å². The first kappa shape index (κ1) is 22.5. The van der Waals surface area contributed by atoms with Gasteiger partial charge in [-0.1, -0.05) is 0 Å². The highest BCUT2D eigenvalue weighted by Crippen LogP contribution is 2.30. The molecule has 2 rings (SSSR count). The van der Waals surface area contributed by atoms with Gasteiger partial charge in [0.25, 0.3) is 5.56 Å². The first-order valence-electron chi connectivity index (χ1n) is 7.85. The molecule has 0 amide bonds. The van der Waals surface area contributed by atoms with Gasteiger partial charge in [-0.05, 0) is 37.9 Å². The Hall–Kier alpha value is -1.80. The zero-order chi connectivity index (χ0) is 20.8. The normalized spacial score (nSPS) is 21.2. The molecule has 1 N–H and O–H groups in total. The number of rotatable bonds is 7. The van der Waals surface area contributed by atoms with E-state index in [1.165, 1.54) is 12.3 Å². The van der Waals surface area contributed by atoms with E-state index in [1.54, 1.807) is 0 Å². The minimum atomic E-state index is -0.864. The Kier molecular flexibility index (Phi) is 8.12. The van der Waals surface area contributed by atoms with E-state index in [4.69, 9.17) is 14.5 Å². The Morgan fingerprint density at radius 3 is 2.57 bits per heavy atom. The summed E-state index contributed by atoms with van der Waals surface area (Å²) in [7, 11) is 0. The number of halogens is 2. The molecule has 28 heavy (non-hydrogen) atoms. The number of nitrogens with one attached hydrogen (secondary N) is 1. The van der Waals surface area contributed by atoms with Crippen molar-refractivity contribution < 1.29 is 33.9 Å². The van der Waals surface area contributed by atoms with Crippen molar-refractivity contribution in [2.24, 2.45) is 0 Å². The molecule has 1 aliphatic rings. The molecule has 0 aliphatic carbocycles. The van der Waals surface area contributed by atoms with Crippen molar-refractivity contribution in [3.63, 3.8) is 0 Å². The zero-order valence-corrected chi connectivity index (χ0v) is 17.9. The van der Waals surface area contributed by atoms with E-state index in [0.29, 0.717) is 3.39 Å². The van der Waals surface area contributed by atoms with Crippen molar-refractivity contribution in [1.82, 2.24) is 9.55 Å². The minimum absolute atomic E-state index is 0.0893. The summed E-state index contributed by atoms with van der Waals surface area (Å²) >= 11 is 6.29. The lowest BCUT2D eigenvalue weighted by atomic mass is 10.2. The van der Waals surface area contributed by atoms with Crippen LogP contribution in [0.1, 0.15) is 32.1 Å². The van der Waals surface area contributed by atoms with Crippen LogP contribution in [0, 0.1) is 0 Å². The summed E-state index contributed by atoms with van der Waals surface area (Å²) in [4.78, 5) is 66.9. The average Bonchev–Trinajstić information content (AvgIpc) is 2.97. The quantitative estimate of drug-likeness (QED) is 0.410. The Balaban J connectivity index is 2.24. The molecule has 3 atom stereocenters. The lowest BCUT2D eigenvalue weighted by molar-refractivity contribution is -0.319. The summed E-state index contributed by atoms with van der Waals surface area (Å²) in [6.07, 6.45) is 0.350. The van der Waals surface area contributed by atoms with E-state index in [0.717, 1.165) is 18.4 Å². The first-order valence-corrected chi connectivity index (χ1v) is 9.43. The molecule has 0 unspecified atom stereocenters. The topological polar surface area (TPSA) is 135 Å². The predicted octanol–water partition coefficient (Wildman–Crippen LogP) is 1.27. The molecule has 0 saturated carbocycles. The number of ether oxygens (including phenoxy) is 1. The second-order valence-corrected chi connectivity index (χ2v) is 8.39. The third-order valence-corrected chi connectivity index (χ3v) is 3.91. The summed E-state index contributed by atoms with van der Waals surface area (Å²) in [5.74, 6) is -1.35. The van der Waals surface area contributed by atoms with Gasteiger partial charge in [0.1, 0.15) is 25.0 Å². The van der Waals surface area contributed by atoms with Crippen LogP contribution in [0.4, 0.5) is 0 Å². The monoisotopic (exact) mass is 526 g/mol. The highest BCUT2D eigenvalue weighted by Gasteiger charge is 2.40. The number of hydrogen-bond donors (Lipinski definition) is 1. The molecule has 1 saturated heterocycles. The number of nitrogens with zero attached hydrogens (tertiary/aromatic N) is 1. The van der Waals surface area contributed by atoms with E-state index in [1.807, 2.05) is 0 Å². The SMILES string of the molecule is CC(=O)OOC[C@H]1O[C@@H](n2cc(C=C(Br)Br)c(=O)[nH]c2=O)C[C@@H]1OOC(C)=O. The molecule has 154 valence electrons. The second kappa shape index (κ2) is 10.1.